The maximum Gasteiger partial charge on any atom is 0.269 e. The molecular formula is C24H17N5O3. The minimum Gasteiger partial charge on any atom is -0.349 e. The molecule has 5 rings (SSSR count). The summed E-state index contributed by atoms with van der Waals surface area (Å²) in [5, 5.41) is 7.26. The van der Waals surface area contributed by atoms with Gasteiger partial charge in [0.15, 0.2) is 5.82 Å². The van der Waals surface area contributed by atoms with E-state index in [0.717, 1.165) is 0 Å². The smallest absolute Gasteiger partial charge is 0.269 e. The monoisotopic (exact) mass is 423 g/mol. The molecule has 8 nitrogen and oxygen atoms in total. The fourth-order valence-electron chi connectivity index (χ4n) is 3.52. The molecule has 4 aromatic rings. The SMILES string of the molecule is O=C(C(=O)c1ccc(-c2nccc(-c3cc4n(n3)CCNC4=O)n2)cc1)c1ccccc1. The van der Waals surface area contributed by atoms with Crippen molar-refractivity contribution in [3.63, 3.8) is 0 Å². The van der Waals surface area contributed by atoms with Gasteiger partial charge in [0.25, 0.3) is 5.91 Å². The number of hydrogen-bond acceptors (Lipinski definition) is 6. The molecule has 0 saturated carbocycles. The summed E-state index contributed by atoms with van der Waals surface area (Å²) < 4.78 is 1.67. The molecular weight excluding hydrogens is 406 g/mol. The molecule has 0 aliphatic carbocycles. The van der Waals surface area contributed by atoms with E-state index < -0.39 is 11.6 Å². The molecule has 0 radical (unpaired) electrons. The van der Waals surface area contributed by atoms with Crippen LogP contribution in [0.1, 0.15) is 31.2 Å². The highest BCUT2D eigenvalue weighted by molar-refractivity contribution is 6.49. The number of hydrogen-bond donors (Lipinski definition) is 1. The Labute approximate surface area is 183 Å². The van der Waals surface area contributed by atoms with E-state index in [1.165, 1.54) is 0 Å². The third-order valence-corrected chi connectivity index (χ3v) is 5.19. The fraction of sp³-hybridized carbons (Fsp3) is 0.0833. The van der Waals surface area contributed by atoms with Crippen molar-refractivity contribution < 1.29 is 14.4 Å². The van der Waals surface area contributed by atoms with E-state index in [-0.39, 0.29) is 5.91 Å². The number of nitrogens with zero attached hydrogens (tertiary/aromatic N) is 4. The third-order valence-electron chi connectivity index (χ3n) is 5.19. The zero-order valence-corrected chi connectivity index (χ0v) is 16.9. The van der Waals surface area contributed by atoms with Crippen molar-refractivity contribution in [1.29, 1.82) is 0 Å². The van der Waals surface area contributed by atoms with Gasteiger partial charge in [-0.15, -0.1) is 0 Å². The first-order chi connectivity index (χ1) is 15.6. The summed E-state index contributed by atoms with van der Waals surface area (Å²) in [6.45, 7) is 1.15. The van der Waals surface area contributed by atoms with Gasteiger partial charge in [-0.05, 0) is 12.1 Å². The van der Waals surface area contributed by atoms with Gasteiger partial charge in [-0.1, -0.05) is 54.6 Å². The highest BCUT2D eigenvalue weighted by atomic mass is 16.2. The summed E-state index contributed by atoms with van der Waals surface area (Å²) in [5.74, 6) is -0.829. The highest BCUT2D eigenvalue weighted by Gasteiger charge is 2.21. The van der Waals surface area contributed by atoms with E-state index in [1.54, 1.807) is 77.6 Å². The minimum atomic E-state index is -0.570. The molecule has 2 aromatic heterocycles. The van der Waals surface area contributed by atoms with Gasteiger partial charge in [-0.25, -0.2) is 9.97 Å². The predicted molar refractivity (Wildman–Crippen MR) is 116 cm³/mol. The molecule has 0 spiro atoms. The highest BCUT2D eigenvalue weighted by Crippen LogP contribution is 2.22. The topological polar surface area (TPSA) is 107 Å². The lowest BCUT2D eigenvalue weighted by Gasteiger charge is -2.13. The lowest BCUT2D eigenvalue weighted by atomic mass is 10.0. The number of Topliss-reactive ketones (excluding diaryl/α,β-unsaturated/α-hetero) is 2. The Morgan fingerprint density at radius 3 is 2.31 bits per heavy atom. The van der Waals surface area contributed by atoms with Gasteiger partial charge in [0.2, 0.25) is 11.6 Å². The summed E-state index contributed by atoms with van der Waals surface area (Å²) in [5.41, 5.74) is 3.01. The van der Waals surface area contributed by atoms with E-state index in [4.69, 9.17) is 0 Å². The van der Waals surface area contributed by atoms with Gasteiger partial charge in [0.05, 0.1) is 12.2 Å². The minimum absolute atomic E-state index is 0.158. The Kier molecular flexibility index (Phi) is 4.87. The molecule has 0 unspecified atom stereocenters. The number of ketones is 2. The van der Waals surface area contributed by atoms with Crippen LogP contribution in [0.3, 0.4) is 0 Å². The van der Waals surface area contributed by atoms with Crippen molar-refractivity contribution in [2.45, 2.75) is 6.54 Å². The van der Waals surface area contributed by atoms with Crippen molar-refractivity contribution in [3.05, 3.63) is 89.7 Å². The standard InChI is InChI=1S/C24H17N5O3/c30-21(15-4-2-1-3-5-15)22(31)16-6-8-17(9-7-16)23-25-11-10-18(27-23)19-14-20-24(32)26-12-13-29(20)28-19/h1-11,14H,12-13H2,(H,26,32). The van der Waals surface area contributed by atoms with Gasteiger partial charge in [0, 0.05) is 29.4 Å². The molecule has 0 fully saturated rings. The maximum atomic E-state index is 12.5. The number of aromatic nitrogens is 4. The van der Waals surface area contributed by atoms with Crippen LogP contribution in [0.5, 0.6) is 0 Å². The van der Waals surface area contributed by atoms with Crippen LogP contribution in [0.15, 0.2) is 72.9 Å². The van der Waals surface area contributed by atoms with Crippen molar-refractivity contribution in [2.24, 2.45) is 0 Å². The van der Waals surface area contributed by atoms with Gasteiger partial charge in [0.1, 0.15) is 11.4 Å². The average molecular weight is 423 g/mol. The second-order valence-electron chi connectivity index (χ2n) is 7.26. The molecule has 0 atom stereocenters. The van der Waals surface area contributed by atoms with E-state index in [2.05, 4.69) is 20.4 Å². The summed E-state index contributed by atoms with van der Waals surface area (Å²) in [6.07, 6.45) is 1.62. The number of rotatable bonds is 5. The number of benzene rings is 2. The van der Waals surface area contributed by atoms with Gasteiger partial charge >= 0.3 is 0 Å². The van der Waals surface area contributed by atoms with E-state index in [1.807, 2.05) is 0 Å². The molecule has 1 N–H and O–H groups in total. The van der Waals surface area contributed by atoms with Crippen LogP contribution in [-0.4, -0.2) is 43.8 Å². The third kappa shape index (κ3) is 3.58. The first-order valence-electron chi connectivity index (χ1n) is 10.0. The molecule has 1 aliphatic heterocycles. The molecule has 2 aromatic carbocycles. The summed E-state index contributed by atoms with van der Waals surface area (Å²) in [4.78, 5) is 45.8. The summed E-state index contributed by atoms with van der Waals surface area (Å²) in [6, 6.07) is 18.5. The number of nitrogens with one attached hydrogen (secondary N) is 1. The fourth-order valence-corrected chi connectivity index (χ4v) is 3.52. The van der Waals surface area contributed by atoms with E-state index >= 15 is 0 Å². The van der Waals surface area contributed by atoms with E-state index in [0.29, 0.717) is 52.7 Å². The second kappa shape index (κ2) is 7.99. The molecule has 1 amide bonds. The number of amides is 1. The van der Waals surface area contributed by atoms with Gasteiger partial charge < -0.3 is 5.32 Å². The Morgan fingerprint density at radius 2 is 1.59 bits per heavy atom. The molecule has 1 aliphatic rings. The lowest BCUT2D eigenvalue weighted by Crippen LogP contribution is -2.35. The number of carbonyl (C=O) groups is 3. The Balaban J connectivity index is 1.40. The maximum absolute atomic E-state index is 12.5. The number of fused-ring (bicyclic) bond motifs is 1. The number of carbonyl (C=O) groups excluding carboxylic acids is 3. The summed E-state index contributed by atoms with van der Waals surface area (Å²) >= 11 is 0. The quantitative estimate of drug-likeness (QED) is 0.391. The predicted octanol–water partition coefficient (Wildman–Crippen LogP) is 2.82. The Bertz CT molecular complexity index is 1340. The molecule has 32 heavy (non-hydrogen) atoms. The second-order valence-corrected chi connectivity index (χ2v) is 7.26. The van der Waals surface area contributed by atoms with Crippen molar-refractivity contribution in [2.75, 3.05) is 6.54 Å². The largest absolute Gasteiger partial charge is 0.349 e. The summed E-state index contributed by atoms with van der Waals surface area (Å²) in [7, 11) is 0. The molecule has 8 heteroatoms. The van der Waals surface area contributed by atoms with Gasteiger partial charge in [-0.2, -0.15) is 5.10 Å². The van der Waals surface area contributed by atoms with Gasteiger partial charge in [-0.3, -0.25) is 19.1 Å². The molecule has 156 valence electrons. The van der Waals surface area contributed by atoms with Crippen molar-refractivity contribution in [3.8, 4) is 22.8 Å². The van der Waals surface area contributed by atoms with Crippen LogP contribution in [0.4, 0.5) is 0 Å². The Morgan fingerprint density at radius 1 is 0.875 bits per heavy atom. The normalized spacial score (nSPS) is 12.7. The van der Waals surface area contributed by atoms with Crippen LogP contribution in [0.2, 0.25) is 0 Å². The van der Waals surface area contributed by atoms with Crippen LogP contribution >= 0.6 is 0 Å². The van der Waals surface area contributed by atoms with E-state index in [9.17, 15) is 14.4 Å². The van der Waals surface area contributed by atoms with Crippen LogP contribution in [0, 0.1) is 0 Å². The lowest BCUT2D eigenvalue weighted by molar-refractivity contribution is 0.0817. The zero-order chi connectivity index (χ0) is 22.1. The molecule has 3 heterocycles. The Hall–Kier alpha value is -4.46. The molecule has 0 bridgehead atoms. The van der Waals surface area contributed by atoms with Crippen molar-refractivity contribution in [1.82, 2.24) is 25.1 Å². The first-order valence-corrected chi connectivity index (χ1v) is 10.0. The van der Waals surface area contributed by atoms with Crippen LogP contribution < -0.4 is 5.32 Å². The first kappa shape index (κ1) is 19.5. The van der Waals surface area contributed by atoms with Crippen LogP contribution in [0.25, 0.3) is 22.8 Å². The average Bonchev–Trinajstić information content (AvgIpc) is 3.30. The van der Waals surface area contributed by atoms with Crippen molar-refractivity contribution >= 4 is 17.5 Å². The molecule has 0 saturated heterocycles. The zero-order valence-electron chi connectivity index (χ0n) is 16.9. The van der Waals surface area contributed by atoms with Crippen LogP contribution in [-0.2, 0) is 6.54 Å².